The predicted octanol–water partition coefficient (Wildman–Crippen LogP) is 1.80. The lowest BCUT2D eigenvalue weighted by molar-refractivity contribution is -0.139. The molecule has 0 unspecified atom stereocenters. The second-order valence-electron chi connectivity index (χ2n) is 4.34. The first kappa shape index (κ1) is 16.8. The third-order valence-electron chi connectivity index (χ3n) is 2.78. The van der Waals surface area contributed by atoms with Crippen molar-refractivity contribution in [2.24, 2.45) is 0 Å². The monoisotopic (exact) mass is 317 g/mol. The highest BCUT2D eigenvalue weighted by Gasteiger charge is 2.21. The Bertz CT molecular complexity index is 465. The van der Waals surface area contributed by atoms with Gasteiger partial charge in [-0.3, -0.25) is 0 Å². The number of rotatable bonds is 7. The number of carbonyl (C=O) groups excluding carboxylic acids is 1. The predicted molar refractivity (Wildman–Crippen MR) is 81.3 cm³/mol. The van der Waals surface area contributed by atoms with Crippen LogP contribution in [0.4, 0.5) is 4.79 Å². The van der Waals surface area contributed by atoms with Crippen LogP contribution < -0.4 is 5.32 Å². The minimum atomic E-state index is -1.00. The molecule has 0 aliphatic carbocycles. The molecule has 6 nitrogen and oxygen atoms in total. The van der Waals surface area contributed by atoms with Gasteiger partial charge >= 0.3 is 12.0 Å². The van der Waals surface area contributed by atoms with Gasteiger partial charge in [-0.15, -0.1) is 11.3 Å². The van der Waals surface area contributed by atoms with E-state index < -0.39 is 12.0 Å². The van der Waals surface area contributed by atoms with Crippen LogP contribution in [0, 0.1) is 6.92 Å². The number of aliphatic carboxylic acids is 1. The average molecular weight is 317 g/mol. The number of hydrogen-bond donors (Lipinski definition) is 2. The van der Waals surface area contributed by atoms with Crippen molar-refractivity contribution < 1.29 is 14.7 Å². The van der Waals surface area contributed by atoms with Crippen molar-refractivity contribution in [1.29, 1.82) is 0 Å². The lowest BCUT2D eigenvalue weighted by Crippen LogP contribution is -2.46. The lowest BCUT2D eigenvalue weighted by atomic mass is 10.2. The van der Waals surface area contributed by atoms with E-state index in [1.54, 1.807) is 24.3 Å². The zero-order valence-corrected chi connectivity index (χ0v) is 13.4. The van der Waals surface area contributed by atoms with Gasteiger partial charge in [0, 0.05) is 11.9 Å². The third kappa shape index (κ3) is 5.01. The lowest BCUT2D eigenvalue weighted by Gasteiger charge is -2.21. The summed E-state index contributed by atoms with van der Waals surface area (Å²) in [7, 11) is 1.64. The van der Waals surface area contributed by atoms with Crippen LogP contribution in [0.25, 0.3) is 0 Å². The number of nitrogens with one attached hydrogen (secondary N) is 1. The van der Waals surface area contributed by atoms with Gasteiger partial charge in [0.1, 0.15) is 6.04 Å². The molecule has 0 aliphatic rings. The van der Waals surface area contributed by atoms with Gasteiger partial charge in [-0.1, -0.05) is 0 Å². The highest BCUT2D eigenvalue weighted by molar-refractivity contribution is 7.98. The molecule has 1 aromatic rings. The molecular weight excluding hydrogens is 298 g/mol. The molecule has 2 amide bonds. The molecule has 20 heavy (non-hydrogen) atoms. The van der Waals surface area contributed by atoms with Gasteiger partial charge in [0.05, 0.1) is 17.7 Å². The maximum atomic E-state index is 12.0. The number of thiazole rings is 1. The first-order valence-corrected chi connectivity index (χ1v) is 8.35. The number of carbonyl (C=O) groups is 2. The standard InChI is InChI=1S/C12H19N3O3S2/c1-8-10(20-7-13-8)6-15(2)12(18)14-9(11(16)17)4-5-19-3/h7,9H,4-6H2,1-3H3,(H,14,18)(H,16,17)/t9-/m1/s1. The number of amides is 2. The van der Waals surface area contributed by atoms with E-state index in [4.69, 9.17) is 5.11 Å². The number of thioether (sulfide) groups is 1. The van der Waals surface area contributed by atoms with Gasteiger partial charge in [-0.2, -0.15) is 11.8 Å². The van der Waals surface area contributed by atoms with Crippen LogP contribution in [0.3, 0.4) is 0 Å². The van der Waals surface area contributed by atoms with Crippen molar-refractivity contribution in [2.45, 2.75) is 25.9 Å². The van der Waals surface area contributed by atoms with Crippen LogP contribution in [-0.2, 0) is 11.3 Å². The molecule has 0 fully saturated rings. The summed E-state index contributed by atoms with van der Waals surface area (Å²) >= 11 is 3.04. The summed E-state index contributed by atoms with van der Waals surface area (Å²) in [5.41, 5.74) is 2.63. The smallest absolute Gasteiger partial charge is 0.326 e. The average Bonchev–Trinajstić information content (AvgIpc) is 2.79. The number of aromatic nitrogens is 1. The van der Waals surface area contributed by atoms with Gasteiger partial charge in [-0.25, -0.2) is 14.6 Å². The Hall–Kier alpha value is -1.28. The van der Waals surface area contributed by atoms with Gasteiger partial charge < -0.3 is 15.3 Å². The Labute approximate surface area is 126 Å². The van der Waals surface area contributed by atoms with E-state index in [-0.39, 0.29) is 6.03 Å². The molecule has 1 heterocycles. The van der Waals surface area contributed by atoms with E-state index >= 15 is 0 Å². The number of hydrogen-bond acceptors (Lipinski definition) is 5. The molecule has 0 aromatic carbocycles. The maximum Gasteiger partial charge on any atom is 0.326 e. The van der Waals surface area contributed by atoms with Crippen molar-refractivity contribution in [3.8, 4) is 0 Å². The minimum absolute atomic E-state index is 0.383. The fourth-order valence-electron chi connectivity index (χ4n) is 1.52. The number of nitrogens with zero attached hydrogens (tertiary/aromatic N) is 2. The molecule has 0 saturated carbocycles. The first-order chi connectivity index (χ1) is 9.45. The van der Waals surface area contributed by atoms with Crippen molar-refractivity contribution >= 4 is 35.1 Å². The van der Waals surface area contributed by atoms with Crippen LogP contribution in [-0.4, -0.2) is 52.1 Å². The molecule has 8 heteroatoms. The molecule has 112 valence electrons. The summed E-state index contributed by atoms with van der Waals surface area (Å²) < 4.78 is 0. The van der Waals surface area contributed by atoms with E-state index in [0.717, 1.165) is 10.6 Å². The number of aryl methyl sites for hydroxylation is 1. The summed E-state index contributed by atoms with van der Waals surface area (Å²) in [4.78, 5) is 29.7. The minimum Gasteiger partial charge on any atom is -0.480 e. The molecule has 0 bridgehead atoms. The second kappa shape index (κ2) is 8.11. The largest absolute Gasteiger partial charge is 0.480 e. The van der Waals surface area contributed by atoms with Crippen LogP contribution in [0.2, 0.25) is 0 Å². The summed E-state index contributed by atoms with van der Waals surface area (Å²) in [5, 5.41) is 11.6. The Morgan fingerprint density at radius 1 is 1.60 bits per heavy atom. The molecule has 1 rings (SSSR count). The summed E-state index contributed by atoms with van der Waals surface area (Å²) in [5.74, 6) is -0.315. The zero-order valence-electron chi connectivity index (χ0n) is 11.8. The normalized spacial score (nSPS) is 11.9. The van der Waals surface area contributed by atoms with Gasteiger partial charge in [-0.05, 0) is 25.4 Å². The quantitative estimate of drug-likeness (QED) is 0.801. The van der Waals surface area contributed by atoms with E-state index in [2.05, 4.69) is 10.3 Å². The zero-order chi connectivity index (χ0) is 15.1. The molecule has 0 saturated heterocycles. The SMILES string of the molecule is CSCC[C@@H](NC(=O)N(C)Cc1scnc1C)C(=O)O. The fraction of sp³-hybridized carbons (Fsp3) is 0.583. The summed E-state index contributed by atoms with van der Waals surface area (Å²) in [6, 6.07) is -1.23. The van der Waals surface area contributed by atoms with E-state index in [0.29, 0.717) is 18.7 Å². The third-order valence-corrected chi connectivity index (χ3v) is 4.34. The maximum absolute atomic E-state index is 12.0. The molecule has 0 radical (unpaired) electrons. The Morgan fingerprint density at radius 3 is 2.80 bits per heavy atom. The van der Waals surface area contributed by atoms with Gasteiger partial charge in [0.25, 0.3) is 0 Å². The molecule has 0 spiro atoms. The van der Waals surface area contributed by atoms with Gasteiger partial charge in [0.15, 0.2) is 0 Å². The summed E-state index contributed by atoms with van der Waals surface area (Å²) in [6.07, 6.45) is 2.31. The Kier molecular flexibility index (Phi) is 6.80. The highest BCUT2D eigenvalue weighted by atomic mass is 32.2. The van der Waals surface area contributed by atoms with E-state index in [1.807, 2.05) is 13.2 Å². The Balaban J connectivity index is 2.55. The first-order valence-electron chi connectivity index (χ1n) is 6.08. The number of carboxylic acids is 1. The topological polar surface area (TPSA) is 82.5 Å². The van der Waals surface area contributed by atoms with Crippen molar-refractivity contribution in [3.63, 3.8) is 0 Å². The highest BCUT2D eigenvalue weighted by Crippen LogP contribution is 2.14. The molecule has 1 aromatic heterocycles. The molecule has 0 aliphatic heterocycles. The Morgan fingerprint density at radius 2 is 2.30 bits per heavy atom. The molecular formula is C12H19N3O3S2. The van der Waals surface area contributed by atoms with E-state index in [1.165, 1.54) is 16.2 Å². The number of urea groups is 1. The van der Waals surface area contributed by atoms with Crippen molar-refractivity contribution in [2.75, 3.05) is 19.1 Å². The van der Waals surface area contributed by atoms with Crippen molar-refractivity contribution in [1.82, 2.24) is 15.2 Å². The van der Waals surface area contributed by atoms with Crippen molar-refractivity contribution in [3.05, 3.63) is 16.1 Å². The van der Waals surface area contributed by atoms with Crippen LogP contribution >= 0.6 is 23.1 Å². The number of carboxylic acid groups (broad SMARTS) is 1. The second-order valence-corrected chi connectivity index (χ2v) is 6.26. The molecule has 2 N–H and O–H groups in total. The van der Waals surface area contributed by atoms with Crippen LogP contribution in [0.15, 0.2) is 5.51 Å². The summed E-state index contributed by atoms with van der Waals surface area (Å²) in [6.45, 7) is 2.31. The van der Waals surface area contributed by atoms with Crippen LogP contribution in [0.1, 0.15) is 17.0 Å². The van der Waals surface area contributed by atoms with E-state index in [9.17, 15) is 9.59 Å². The van der Waals surface area contributed by atoms with Crippen LogP contribution in [0.5, 0.6) is 0 Å². The van der Waals surface area contributed by atoms with Gasteiger partial charge in [0.2, 0.25) is 0 Å². The fourth-order valence-corrected chi connectivity index (χ4v) is 2.82. The molecule has 1 atom stereocenters.